The molecule has 1 aliphatic heterocycles. The van der Waals surface area contributed by atoms with Gasteiger partial charge in [0.15, 0.2) is 0 Å². The zero-order chi connectivity index (χ0) is 16.7. The Balaban J connectivity index is 1.62. The second-order valence-electron chi connectivity index (χ2n) is 7.51. The number of hydrogen-bond acceptors (Lipinski definition) is 3. The number of nitrogens with one attached hydrogen (secondary N) is 2. The molecule has 5 nitrogen and oxygen atoms in total. The molecule has 1 heterocycles. The van der Waals surface area contributed by atoms with Crippen LogP contribution in [0.25, 0.3) is 0 Å². The van der Waals surface area contributed by atoms with E-state index in [0.29, 0.717) is 18.5 Å². The molecule has 1 aliphatic carbocycles. The van der Waals surface area contributed by atoms with Crippen molar-refractivity contribution in [1.29, 1.82) is 0 Å². The summed E-state index contributed by atoms with van der Waals surface area (Å²) in [5.74, 6) is 1.44. The molecule has 0 aromatic rings. The van der Waals surface area contributed by atoms with Crippen LogP contribution in [0.4, 0.5) is 0 Å². The van der Waals surface area contributed by atoms with Crippen molar-refractivity contribution in [3.8, 4) is 0 Å². The maximum absolute atomic E-state index is 11.9. The largest absolute Gasteiger partial charge is 0.346 e. The third kappa shape index (κ3) is 6.13. The number of likely N-dealkylation sites (tertiary alicyclic amines) is 1. The van der Waals surface area contributed by atoms with E-state index in [-0.39, 0.29) is 18.4 Å². The molecule has 2 rings (SSSR count). The SMILES string of the molecule is CC(C)CC[C@@H]1CCC[C@H]1NCC(=O)NCC(=O)N1CCCC1. The van der Waals surface area contributed by atoms with Gasteiger partial charge in [-0.3, -0.25) is 9.59 Å². The van der Waals surface area contributed by atoms with E-state index in [1.54, 1.807) is 0 Å². The number of rotatable bonds is 8. The fourth-order valence-corrected chi connectivity index (χ4v) is 3.74. The quantitative estimate of drug-likeness (QED) is 0.717. The monoisotopic (exact) mass is 323 g/mol. The van der Waals surface area contributed by atoms with Crippen LogP contribution in [0.3, 0.4) is 0 Å². The molecule has 1 saturated heterocycles. The number of carbonyl (C=O) groups is 2. The van der Waals surface area contributed by atoms with Crippen LogP contribution in [0, 0.1) is 11.8 Å². The maximum atomic E-state index is 11.9. The van der Waals surface area contributed by atoms with Crippen LogP contribution in [0.2, 0.25) is 0 Å². The Morgan fingerprint density at radius 1 is 1.09 bits per heavy atom. The van der Waals surface area contributed by atoms with E-state index in [4.69, 9.17) is 0 Å². The van der Waals surface area contributed by atoms with Crippen molar-refractivity contribution >= 4 is 11.8 Å². The second-order valence-corrected chi connectivity index (χ2v) is 7.51. The van der Waals surface area contributed by atoms with Crippen molar-refractivity contribution in [1.82, 2.24) is 15.5 Å². The zero-order valence-electron chi connectivity index (χ0n) is 14.8. The summed E-state index contributed by atoms with van der Waals surface area (Å²) in [6.07, 6.45) is 8.39. The molecule has 132 valence electrons. The van der Waals surface area contributed by atoms with Gasteiger partial charge >= 0.3 is 0 Å². The van der Waals surface area contributed by atoms with E-state index in [1.165, 1.54) is 32.1 Å². The lowest BCUT2D eigenvalue weighted by Gasteiger charge is -2.22. The highest BCUT2D eigenvalue weighted by molar-refractivity contribution is 5.85. The third-order valence-corrected chi connectivity index (χ3v) is 5.19. The molecule has 5 heteroatoms. The number of hydrogen-bond donors (Lipinski definition) is 2. The first-order valence-corrected chi connectivity index (χ1v) is 9.34. The Labute approximate surface area is 140 Å². The van der Waals surface area contributed by atoms with Crippen LogP contribution in [-0.2, 0) is 9.59 Å². The fraction of sp³-hybridized carbons (Fsp3) is 0.889. The highest BCUT2D eigenvalue weighted by Gasteiger charge is 2.27. The standard InChI is InChI=1S/C18H33N3O2/c1-14(2)8-9-15-6-5-7-16(15)19-12-17(22)20-13-18(23)21-10-3-4-11-21/h14-16,19H,3-13H2,1-2H3,(H,20,22)/t15-,16+/m0/s1. The average Bonchev–Trinajstić information content (AvgIpc) is 3.19. The molecule has 2 amide bonds. The predicted octanol–water partition coefficient (Wildman–Crippen LogP) is 1.92. The summed E-state index contributed by atoms with van der Waals surface area (Å²) in [4.78, 5) is 25.7. The van der Waals surface area contributed by atoms with Crippen LogP contribution in [0.5, 0.6) is 0 Å². The van der Waals surface area contributed by atoms with Crippen molar-refractivity contribution in [2.45, 2.75) is 64.8 Å². The summed E-state index contributed by atoms with van der Waals surface area (Å²) in [7, 11) is 0. The van der Waals surface area contributed by atoms with Gasteiger partial charge in [-0.25, -0.2) is 0 Å². The number of carbonyl (C=O) groups excluding carboxylic acids is 2. The van der Waals surface area contributed by atoms with Crippen molar-refractivity contribution in [3.63, 3.8) is 0 Å². The molecule has 2 atom stereocenters. The molecule has 2 aliphatic rings. The van der Waals surface area contributed by atoms with Gasteiger partial charge in [-0.15, -0.1) is 0 Å². The van der Waals surface area contributed by atoms with E-state index >= 15 is 0 Å². The number of amides is 2. The van der Waals surface area contributed by atoms with Crippen LogP contribution < -0.4 is 10.6 Å². The lowest BCUT2D eigenvalue weighted by Crippen LogP contribution is -2.44. The van der Waals surface area contributed by atoms with Gasteiger partial charge in [0.1, 0.15) is 0 Å². The van der Waals surface area contributed by atoms with Crippen molar-refractivity contribution < 1.29 is 9.59 Å². The molecule has 0 unspecified atom stereocenters. The Morgan fingerprint density at radius 3 is 2.52 bits per heavy atom. The maximum Gasteiger partial charge on any atom is 0.241 e. The molecule has 0 radical (unpaired) electrons. The van der Waals surface area contributed by atoms with Gasteiger partial charge < -0.3 is 15.5 Å². The van der Waals surface area contributed by atoms with E-state index in [9.17, 15) is 9.59 Å². The van der Waals surface area contributed by atoms with Gasteiger partial charge in [-0.2, -0.15) is 0 Å². The first kappa shape index (κ1) is 18.2. The molecule has 2 fully saturated rings. The topological polar surface area (TPSA) is 61.4 Å². The van der Waals surface area contributed by atoms with Crippen molar-refractivity contribution in [2.24, 2.45) is 11.8 Å². The fourth-order valence-electron chi connectivity index (χ4n) is 3.74. The van der Waals surface area contributed by atoms with Crippen LogP contribution in [0.15, 0.2) is 0 Å². The Kier molecular flexibility index (Phi) is 7.34. The molecular formula is C18H33N3O2. The van der Waals surface area contributed by atoms with E-state index in [0.717, 1.165) is 31.8 Å². The highest BCUT2D eigenvalue weighted by Crippen LogP contribution is 2.30. The molecule has 0 aromatic carbocycles. The van der Waals surface area contributed by atoms with Crippen LogP contribution in [0.1, 0.15) is 58.8 Å². The van der Waals surface area contributed by atoms with E-state index < -0.39 is 0 Å². The molecular weight excluding hydrogens is 290 g/mol. The summed E-state index contributed by atoms with van der Waals surface area (Å²) >= 11 is 0. The summed E-state index contributed by atoms with van der Waals surface area (Å²) in [6, 6.07) is 0.466. The van der Waals surface area contributed by atoms with E-state index in [2.05, 4.69) is 24.5 Å². The normalized spacial score (nSPS) is 24.4. The van der Waals surface area contributed by atoms with E-state index in [1.807, 2.05) is 4.90 Å². The summed E-state index contributed by atoms with van der Waals surface area (Å²) in [6.45, 7) is 6.68. The molecule has 0 spiro atoms. The molecule has 2 N–H and O–H groups in total. The average molecular weight is 323 g/mol. The van der Waals surface area contributed by atoms with Gasteiger partial charge in [-0.05, 0) is 43.9 Å². The molecule has 1 saturated carbocycles. The predicted molar refractivity (Wildman–Crippen MR) is 92.0 cm³/mol. The van der Waals surface area contributed by atoms with Gasteiger partial charge in [0, 0.05) is 19.1 Å². The third-order valence-electron chi connectivity index (χ3n) is 5.19. The summed E-state index contributed by atoms with van der Waals surface area (Å²) < 4.78 is 0. The van der Waals surface area contributed by atoms with Crippen LogP contribution in [-0.4, -0.2) is 48.9 Å². The van der Waals surface area contributed by atoms with Gasteiger partial charge in [0.25, 0.3) is 0 Å². The summed E-state index contributed by atoms with van der Waals surface area (Å²) in [5, 5.41) is 6.17. The minimum absolute atomic E-state index is 0.0477. The van der Waals surface area contributed by atoms with Gasteiger partial charge in [0.05, 0.1) is 13.1 Å². The minimum atomic E-state index is -0.0629. The molecule has 0 aromatic heterocycles. The zero-order valence-corrected chi connectivity index (χ0v) is 14.8. The Bertz CT molecular complexity index is 392. The lowest BCUT2D eigenvalue weighted by molar-refractivity contribution is -0.131. The highest BCUT2D eigenvalue weighted by atomic mass is 16.2. The smallest absolute Gasteiger partial charge is 0.241 e. The molecule has 0 bridgehead atoms. The van der Waals surface area contributed by atoms with Crippen molar-refractivity contribution in [3.05, 3.63) is 0 Å². The van der Waals surface area contributed by atoms with Crippen LogP contribution >= 0.6 is 0 Å². The van der Waals surface area contributed by atoms with Gasteiger partial charge in [-0.1, -0.05) is 26.7 Å². The van der Waals surface area contributed by atoms with Crippen molar-refractivity contribution in [2.75, 3.05) is 26.2 Å². The minimum Gasteiger partial charge on any atom is -0.346 e. The first-order chi connectivity index (χ1) is 11.1. The number of nitrogens with zero attached hydrogens (tertiary/aromatic N) is 1. The Hall–Kier alpha value is -1.10. The summed E-state index contributed by atoms with van der Waals surface area (Å²) in [5.41, 5.74) is 0. The molecule has 23 heavy (non-hydrogen) atoms. The Morgan fingerprint density at radius 2 is 1.83 bits per heavy atom. The van der Waals surface area contributed by atoms with Gasteiger partial charge in [0.2, 0.25) is 11.8 Å². The first-order valence-electron chi connectivity index (χ1n) is 9.34. The second kappa shape index (κ2) is 9.26. The lowest BCUT2D eigenvalue weighted by atomic mass is 9.94.